The summed E-state index contributed by atoms with van der Waals surface area (Å²) < 4.78 is 28.8. The van der Waals surface area contributed by atoms with E-state index in [0.717, 1.165) is 13.2 Å². The summed E-state index contributed by atoms with van der Waals surface area (Å²) in [7, 11) is 0. The second kappa shape index (κ2) is 6.85. The van der Waals surface area contributed by atoms with Crippen LogP contribution in [0.15, 0.2) is 42.5 Å². The molecule has 4 nitrogen and oxygen atoms in total. The number of ketones is 2. The lowest BCUT2D eigenvalue weighted by molar-refractivity contribution is 0.0951. The van der Waals surface area contributed by atoms with Gasteiger partial charge in [0.05, 0.1) is 26.7 Å². The summed E-state index contributed by atoms with van der Waals surface area (Å²) in [5.41, 5.74) is 1.77. The third kappa shape index (κ3) is 2.87. The van der Waals surface area contributed by atoms with E-state index < -0.39 is 12.5 Å². The van der Waals surface area contributed by atoms with E-state index in [-0.39, 0.29) is 23.7 Å². The topological polar surface area (TPSA) is 52.6 Å². The maximum Gasteiger partial charge on any atom is 0.166 e. The number of Topliss-reactive ketones (excluding diaryl/α,β-unsaturated/α-hetero) is 2. The predicted molar refractivity (Wildman–Crippen MR) is 105 cm³/mol. The molecule has 2 aromatic rings. The van der Waals surface area contributed by atoms with Crippen LogP contribution in [-0.2, 0) is 4.74 Å². The molecule has 3 aliphatic rings. The average molecular weight is 378 g/mol. The molecule has 1 saturated carbocycles. The first-order valence-corrected chi connectivity index (χ1v) is 9.92. The van der Waals surface area contributed by atoms with Gasteiger partial charge >= 0.3 is 0 Å². The normalized spacial score (nSPS) is 33.3. The van der Waals surface area contributed by atoms with E-state index in [1.807, 2.05) is 18.2 Å². The van der Waals surface area contributed by atoms with Crippen molar-refractivity contribution in [3.63, 3.8) is 0 Å². The van der Waals surface area contributed by atoms with Gasteiger partial charge in [0.15, 0.2) is 11.6 Å². The molecule has 2 aliphatic heterocycles. The highest BCUT2D eigenvalue weighted by atomic mass is 16.5. The van der Waals surface area contributed by atoms with E-state index in [9.17, 15) is 9.59 Å². The molecule has 5 rings (SSSR count). The number of ether oxygens (including phenoxy) is 2. The van der Waals surface area contributed by atoms with Gasteiger partial charge in [-0.2, -0.15) is 0 Å². The van der Waals surface area contributed by atoms with Gasteiger partial charge in [0, 0.05) is 31.2 Å². The quantitative estimate of drug-likeness (QED) is 0.705. The van der Waals surface area contributed by atoms with Gasteiger partial charge in [-0.25, -0.2) is 0 Å². The van der Waals surface area contributed by atoms with Gasteiger partial charge in [-0.1, -0.05) is 37.3 Å². The first kappa shape index (κ1) is 15.5. The van der Waals surface area contributed by atoms with Gasteiger partial charge in [-0.15, -0.1) is 0 Å². The maximum absolute atomic E-state index is 13.1. The molecule has 0 aromatic heterocycles. The summed E-state index contributed by atoms with van der Waals surface area (Å²) in [6.07, 6.45) is 0.690. The second-order valence-corrected chi connectivity index (χ2v) is 7.85. The zero-order chi connectivity index (χ0) is 21.0. The van der Waals surface area contributed by atoms with E-state index in [1.165, 1.54) is 0 Å². The fourth-order valence-electron chi connectivity index (χ4n) is 4.53. The van der Waals surface area contributed by atoms with E-state index >= 15 is 0 Å². The zero-order valence-electron chi connectivity index (χ0n) is 17.8. The molecule has 1 saturated heterocycles. The number of fused-ring (bicyclic) bond motifs is 2. The number of carbonyl (C=O) groups excluding carboxylic acids is 2. The van der Waals surface area contributed by atoms with Crippen LogP contribution in [0.3, 0.4) is 0 Å². The smallest absolute Gasteiger partial charge is 0.166 e. The molecule has 0 amide bonds. The lowest BCUT2D eigenvalue weighted by atomic mass is 9.88. The van der Waals surface area contributed by atoms with Crippen molar-refractivity contribution in [2.45, 2.75) is 25.7 Å². The average Bonchev–Trinajstić information content (AvgIpc) is 3.09. The molecule has 0 spiro atoms. The highest BCUT2D eigenvalue weighted by Gasteiger charge is 2.54. The molecule has 28 heavy (non-hydrogen) atoms. The summed E-state index contributed by atoms with van der Waals surface area (Å²) >= 11 is 0. The number of hydrogen-bond donors (Lipinski definition) is 0. The summed E-state index contributed by atoms with van der Waals surface area (Å²) in [6, 6.07) is 12.3. The summed E-state index contributed by atoms with van der Waals surface area (Å²) in [5.74, 6) is -0.108. The van der Waals surface area contributed by atoms with Crippen molar-refractivity contribution in [1.29, 1.82) is 0 Å². The van der Waals surface area contributed by atoms with E-state index in [1.54, 1.807) is 31.2 Å². The Morgan fingerprint density at radius 1 is 1.14 bits per heavy atom. The first-order chi connectivity index (χ1) is 14.4. The lowest BCUT2D eigenvalue weighted by Crippen LogP contribution is -2.09. The summed E-state index contributed by atoms with van der Waals surface area (Å²) in [6.45, 7) is 1.99. The molecule has 1 aliphatic carbocycles. The van der Waals surface area contributed by atoms with Crippen LogP contribution in [0.1, 0.15) is 60.2 Å². The first-order valence-electron chi connectivity index (χ1n) is 11.0. The van der Waals surface area contributed by atoms with Crippen LogP contribution in [0.2, 0.25) is 0 Å². The Morgan fingerprint density at radius 2 is 1.89 bits per heavy atom. The van der Waals surface area contributed by atoms with Crippen LogP contribution in [0.25, 0.3) is 0 Å². The molecule has 2 fully saturated rings. The summed E-state index contributed by atoms with van der Waals surface area (Å²) in [4.78, 5) is 25.8. The predicted octanol–water partition coefficient (Wildman–Crippen LogP) is 4.27. The number of benzene rings is 2. The van der Waals surface area contributed by atoms with Gasteiger partial charge in [0.25, 0.3) is 0 Å². The Morgan fingerprint density at radius 3 is 2.61 bits per heavy atom. The Labute approximate surface area is 167 Å². The van der Waals surface area contributed by atoms with Crippen molar-refractivity contribution in [2.75, 3.05) is 19.8 Å². The molecule has 2 heterocycles. The van der Waals surface area contributed by atoms with Crippen molar-refractivity contribution in [3.8, 4) is 5.75 Å². The molecular weight excluding hydrogens is 352 g/mol. The molecule has 0 bridgehead atoms. The standard InChI is InChI=1S/C24H24O4/c1-2-22(25)18-9-15(23(26)10-16-20-11-27-12-21(16)20)8-17-19(13-28-24(17)18)14-6-4-3-5-7-14/h3-9,16,19-21H,2,10-13H2,1H3/t16?,19-,20-,21+/m1/s1/i13D,19D/t13?,16?,19-,20-,21+. The molecular formula is C24H24O4. The van der Waals surface area contributed by atoms with E-state index in [0.29, 0.717) is 46.4 Å². The highest BCUT2D eigenvalue weighted by molar-refractivity contribution is 6.04. The molecule has 0 N–H and O–H groups in total. The van der Waals surface area contributed by atoms with Gasteiger partial charge < -0.3 is 9.47 Å². The minimum atomic E-state index is -1.50. The highest BCUT2D eigenvalue weighted by Crippen LogP contribution is 2.53. The molecule has 144 valence electrons. The van der Waals surface area contributed by atoms with Crippen molar-refractivity contribution in [1.82, 2.24) is 0 Å². The fraction of sp³-hybridized carbons (Fsp3) is 0.417. The van der Waals surface area contributed by atoms with Gasteiger partial charge in [-0.05, 0) is 35.4 Å². The fourth-order valence-corrected chi connectivity index (χ4v) is 4.53. The van der Waals surface area contributed by atoms with Crippen molar-refractivity contribution in [2.24, 2.45) is 17.8 Å². The van der Waals surface area contributed by atoms with Crippen LogP contribution in [0.4, 0.5) is 0 Å². The third-order valence-corrected chi connectivity index (χ3v) is 6.25. The molecule has 5 atom stereocenters. The Hall–Kier alpha value is -2.46. The molecule has 2 aromatic carbocycles. The third-order valence-electron chi connectivity index (χ3n) is 6.25. The molecule has 0 radical (unpaired) electrons. The van der Waals surface area contributed by atoms with Gasteiger partial charge in [-0.3, -0.25) is 9.59 Å². The minimum Gasteiger partial charge on any atom is -0.492 e. The Balaban J connectivity index is 1.57. The summed E-state index contributed by atoms with van der Waals surface area (Å²) in [5, 5.41) is 0. The largest absolute Gasteiger partial charge is 0.492 e. The SMILES string of the molecule is [2H]C1Oc2c(C(=O)CC)cc(C(=O)CC3[C@H]4COC[C@@H]34)cc2[C@@]1([2H])c1ccccc1. The molecule has 4 heteroatoms. The Bertz CT molecular complexity index is 1010. The van der Waals surface area contributed by atoms with Crippen molar-refractivity contribution in [3.05, 3.63) is 64.7 Å². The van der Waals surface area contributed by atoms with Crippen molar-refractivity contribution >= 4 is 11.6 Å². The van der Waals surface area contributed by atoms with E-state index in [2.05, 4.69) is 0 Å². The Kier molecular flexibility index (Phi) is 3.79. The van der Waals surface area contributed by atoms with Crippen LogP contribution >= 0.6 is 0 Å². The monoisotopic (exact) mass is 378 g/mol. The van der Waals surface area contributed by atoms with Gasteiger partial charge in [0.2, 0.25) is 0 Å². The second-order valence-electron chi connectivity index (χ2n) is 7.85. The van der Waals surface area contributed by atoms with Crippen molar-refractivity contribution < 1.29 is 21.8 Å². The van der Waals surface area contributed by atoms with Crippen LogP contribution in [0.5, 0.6) is 5.75 Å². The maximum atomic E-state index is 13.1. The van der Waals surface area contributed by atoms with Gasteiger partial charge in [0.1, 0.15) is 5.75 Å². The number of rotatable bonds is 6. The van der Waals surface area contributed by atoms with E-state index in [4.69, 9.17) is 12.2 Å². The zero-order valence-corrected chi connectivity index (χ0v) is 15.8. The lowest BCUT2D eigenvalue weighted by Gasteiger charge is -2.13. The van der Waals surface area contributed by atoms with Crippen LogP contribution in [0, 0.1) is 17.8 Å². The van der Waals surface area contributed by atoms with Crippen LogP contribution < -0.4 is 4.74 Å². The van der Waals surface area contributed by atoms with Crippen LogP contribution in [-0.4, -0.2) is 31.4 Å². The molecule has 2 unspecified atom stereocenters. The minimum absolute atomic E-state index is 0.0220. The number of hydrogen-bond acceptors (Lipinski definition) is 4. The number of carbonyl (C=O) groups is 2.